The van der Waals surface area contributed by atoms with E-state index < -0.39 is 60.6 Å². The fourth-order valence-electron chi connectivity index (χ4n) is 4.06. The first kappa shape index (κ1) is 32.1. The molecular formula is C27H17BrF9IN2O2. The maximum atomic E-state index is 15.7. The normalized spacial score (nSPS) is 14.1. The monoisotopic (exact) mass is 778 g/mol. The molecule has 0 unspecified atom stereocenters. The molecule has 0 aliphatic heterocycles. The molecule has 15 heteroatoms. The van der Waals surface area contributed by atoms with Crippen LogP contribution in [0.3, 0.4) is 0 Å². The second kappa shape index (κ2) is 11.7. The van der Waals surface area contributed by atoms with Crippen LogP contribution in [0.2, 0.25) is 0 Å². The van der Waals surface area contributed by atoms with Crippen LogP contribution in [0.1, 0.15) is 39.1 Å². The smallest absolute Gasteiger partial charge is 0.320 e. The minimum absolute atomic E-state index is 0.0616. The van der Waals surface area contributed by atoms with Gasteiger partial charge in [0.25, 0.3) is 11.8 Å². The zero-order chi connectivity index (χ0) is 31.2. The third-order valence-electron chi connectivity index (χ3n) is 6.45. The largest absolute Gasteiger partial charge is 0.435 e. The van der Waals surface area contributed by atoms with E-state index in [4.69, 9.17) is 0 Å². The summed E-state index contributed by atoms with van der Waals surface area (Å²) >= 11 is 4.08. The molecule has 1 fully saturated rings. The predicted octanol–water partition coefficient (Wildman–Crippen LogP) is 8.93. The summed E-state index contributed by atoms with van der Waals surface area (Å²) < 4.78 is 122. The van der Waals surface area contributed by atoms with Gasteiger partial charge in [0.05, 0.1) is 16.9 Å². The van der Waals surface area contributed by atoms with E-state index in [0.29, 0.717) is 0 Å². The van der Waals surface area contributed by atoms with E-state index in [1.807, 2.05) is 0 Å². The van der Waals surface area contributed by atoms with Crippen molar-refractivity contribution in [1.29, 1.82) is 0 Å². The van der Waals surface area contributed by atoms with E-state index in [-0.39, 0.29) is 41.5 Å². The van der Waals surface area contributed by atoms with Crippen LogP contribution < -0.4 is 10.2 Å². The molecule has 2 amide bonds. The van der Waals surface area contributed by atoms with Crippen LogP contribution in [-0.4, -0.2) is 30.7 Å². The highest BCUT2D eigenvalue weighted by atomic mass is 127. The van der Waals surface area contributed by atoms with E-state index in [1.165, 1.54) is 46.9 Å². The first-order chi connectivity index (χ1) is 19.5. The third-order valence-corrected chi connectivity index (χ3v) is 7.92. The number of rotatable bonds is 7. The molecule has 42 heavy (non-hydrogen) atoms. The van der Waals surface area contributed by atoms with Gasteiger partial charge in [-0.2, -0.15) is 26.3 Å². The maximum Gasteiger partial charge on any atom is 0.435 e. The minimum atomic E-state index is -6.35. The van der Waals surface area contributed by atoms with Crippen LogP contribution in [0.15, 0.2) is 59.1 Å². The zero-order valence-corrected chi connectivity index (χ0v) is 24.6. The number of hydrogen-bond donors (Lipinski definition) is 1. The van der Waals surface area contributed by atoms with Gasteiger partial charge in [-0.15, -0.1) is 0 Å². The number of amides is 2. The van der Waals surface area contributed by atoms with Gasteiger partial charge in [-0.1, -0.05) is 6.07 Å². The van der Waals surface area contributed by atoms with Crippen LogP contribution in [0.4, 0.5) is 50.9 Å². The standard InChI is InChI=1S/C27H17BrF9IN2O2/c28-18-10-15(25(31,26(32,33)34)27(35,36)37)11-19(38)22(18)39-23(41)17-2-1-3-20(21(17)30)40(12-13-4-5-13)24(42)14-6-8-16(29)9-7-14/h1-3,6-11,13H,4-5,12H2,(H,39,41). The van der Waals surface area contributed by atoms with E-state index >= 15 is 4.39 Å². The first-order valence-electron chi connectivity index (χ1n) is 11.9. The minimum Gasteiger partial charge on any atom is -0.320 e. The molecule has 0 atom stereocenters. The van der Waals surface area contributed by atoms with Crippen molar-refractivity contribution in [3.63, 3.8) is 0 Å². The van der Waals surface area contributed by atoms with Crippen molar-refractivity contribution >= 4 is 61.7 Å². The van der Waals surface area contributed by atoms with E-state index in [1.54, 1.807) is 0 Å². The van der Waals surface area contributed by atoms with Gasteiger partial charge >= 0.3 is 18.0 Å². The fourth-order valence-corrected chi connectivity index (χ4v) is 5.75. The molecule has 224 valence electrons. The van der Waals surface area contributed by atoms with E-state index in [2.05, 4.69) is 21.2 Å². The average molecular weight is 779 g/mol. The Morgan fingerprint density at radius 3 is 2.05 bits per heavy atom. The Morgan fingerprint density at radius 2 is 1.52 bits per heavy atom. The number of anilines is 2. The van der Waals surface area contributed by atoms with Crippen molar-refractivity contribution < 1.29 is 49.1 Å². The zero-order valence-electron chi connectivity index (χ0n) is 20.8. The summed E-state index contributed by atoms with van der Waals surface area (Å²) in [5.74, 6) is -3.47. The van der Waals surface area contributed by atoms with Gasteiger partial charge < -0.3 is 10.2 Å². The molecule has 4 rings (SSSR count). The quantitative estimate of drug-likeness (QED) is 0.193. The highest BCUT2D eigenvalue weighted by Crippen LogP contribution is 2.54. The number of nitrogens with zero attached hydrogens (tertiary/aromatic N) is 1. The Hall–Kier alpha value is -2.82. The van der Waals surface area contributed by atoms with Gasteiger partial charge in [-0.3, -0.25) is 9.59 Å². The average Bonchev–Trinajstić information content (AvgIpc) is 3.72. The van der Waals surface area contributed by atoms with Gasteiger partial charge in [0.1, 0.15) is 5.82 Å². The highest BCUT2D eigenvalue weighted by Gasteiger charge is 2.73. The summed E-state index contributed by atoms with van der Waals surface area (Å²) in [6.07, 6.45) is -11.1. The third kappa shape index (κ3) is 6.26. The maximum absolute atomic E-state index is 15.7. The van der Waals surface area contributed by atoms with Gasteiger partial charge in [-0.05, 0) is 106 Å². The van der Waals surface area contributed by atoms with Crippen LogP contribution in [0, 0.1) is 21.1 Å². The van der Waals surface area contributed by atoms with E-state index in [0.717, 1.165) is 35.9 Å². The molecule has 3 aromatic rings. The fraction of sp³-hybridized carbons (Fsp3) is 0.259. The lowest BCUT2D eigenvalue weighted by atomic mass is 9.94. The van der Waals surface area contributed by atoms with Crippen molar-refractivity contribution in [3.8, 4) is 0 Å². The number of alkyl halides is 7. The first-order valence-corrected chi connectivity index (χ1v) is 13.8. The molecule has 4 nitrogen and oxygen atoms in total. The molecule has 1 aliphatic carbocycles. The summed E-state index contributed by atoms with van der Waals surface area (Å²) in [6, 6.07) is 8.64. The lowest BCUT2D eigenvalue weighted by Crippen LogP contribution is -2.50. The molecule has 3 aromatic carbocycles. The molecular weight excluding hydrogens is 762 g/mol. The lowest BCUT2D eigenvalue weighted by Gasteiger charge is -2.31. The Balaban J connectivity index is 1.68. The Bertz CT molecular complexity index is 1490. The van der Waals surface area contributed by atoms with Gasteiger partial charge in [0.15, 0.2) is 5.82 Å². The van der Waals surface area contributed by atoms with Crippen LogP contribution in [-0.2, 0) is 5.67 Å². The topological polar surface area (TPSA) is 49.4 Å². The second-order valence-corrected chi connectivity index (χ2v) is 11.4. The molecule has 0 saturated heterocycles. The number of nitrogens with one attached hydrogen (secondary N) is 1. The number of carbonyl (C=O) groups is 2. The van der Waals surface area contributed by atoms with Gasteiger partial charge in [0, 0.05) is 25.7 Å². The highest BCUT2D eigenvalue weighted by molar-refractivity contribution is 14.1. The van der Waals surface area contributed by atoms with E-state index in [9.17, 15) is 44.7 Å². The van der Waals surface area contributed by atoms with Crippen LogP contribution in [0.5, 0.6) is 0 Å². The molecule has 0 bridgehead atoms. The van der Waals surface area contributed by atoms with Crippen molar-refractivity contribution in [3.05, 3.63) is 91.0 Å². The number of hydrogen-bond acceptors (Lipinski definition) is 2. The summed E-state index contributed by atoms with van der Waals surface area (Å²) in [7, 11) is 0. The van der Waals surface area contributed by atoms with Crippen molar-refractivity contribution in [2.24, 2.45) is 5.92 Å². The Labute approximate surface area is 254 Å². The SMILES string of the molecule is O=C(Nc1c(Br)cc(C(F)(C(F)(F)F)C(F)(F)F)cc1I)c1cccc(N(CC2CC2)C(=O)c2ccc(F)cc2)c1F. The van der Waals surface area contributed by atoms with Crippen molar-refractivity contribution in [2.45, 2.75) is 30.9 Å². The number of halogens is 11. The molecule has 1 saturated carbocycles. The van der Waals surface area contributed by atoms with Crippen molar-refractivity contribution in [2.75, 3.05) is 16.8 Å². The molecule has 1 aliphatic rings. The van der Waals surface area contributed by atoms with Crippen molar-refractivity contribution in [1.82, 2.24) is 0 Å². The summed E-state index contributed by atoms with van der Waals surface area (Å²) in [5.41, 5.74) is -8.64. The molecule has 0 aromatic heterocycles. The molecule has 1 N–H and O–H groups in total. The number of carbonyl (C=O) groups excluding carboxylic acids is 2. The van der Waals surface area contributed by atoms with Gasteiger partial charge in [-0.25, -0.2) is 13.2 Å². The summed E-state index contributed by atoms with van der Waals surface area (Å²) in [4.78, 5) is 27.4. The second-order valence-electron chi connectivity index (χ2n) is 9.43. The molecule has 0 spiro atoms. The predicted molar refractivity (Wildman–Crippen MR) is 147 cm³/mol. The Morgan fingerprint density at radius 1 is 0.929 bits per heavy atom. The molecule has 0 heterocycles. The lowest BCUT2D eigenvalue weighted by molar-refractivity contribution is -0.348. The summed E-state index contributed by atoms with van der Waals surface area (Å²) in [5, 5.41) is 2.21. The number of benzene rings is 3. The molecule has 0 radical (unpaired) electrons. The van der Waals surface area contributed by atoms with Gasteiger partial charge in [0.2, 0.25) is 0 Å². The summed E-state index contributed by atoms with van der Waals surface area (Å²) in [6.45, 7) is 0.104. The van der Waals surface area contributed by atoms with Crippen LogP contribution in [0.25, 0.3) is 0 Å². The van der Waals surface area contributed by atoms with Crippen LogP contribution >= 0.6 is 38.5 Å². The Kier molecular flexibility index (Phi) is 8.94.